The third-order valence-corrected chi connectivity index (χ3v) is 7.82. The first-order valence-corrected chi connectivity index (χ1v) is 14.5. The molecule has 1 atom stereocenters. The van der Waals surface area contributed by atoms with Gasteiger partial charge in [0.25, 0.3) is 0 Å². The van der Waals surface area contributed by atoms with Gasteiger partial charge in [-0.2, -0.15) is 0 Å². The van der Waals surface area contributed by atoms with E-state index in [0.717, 1.165) is 53.9 Å². The maximum absolute atomic E-state index is 13.7. The van der Waals surface area contributed by atoms with Crippen LogP contribution in [0.5, 0.6) is 0 Å². The highest BCUT2D eigenvalue weighted by molar-refractivity contribution is 7.92. The first-order chi connectivity index (χ1) is 17.6. The van der Waals surface area contributed by atoms with E-state index in [0.29, 0.717) is 6.42 Å². The number of carbonyl (C=O) groups is 2. The fourth-order valence-electron chi connectivity index (χ4n) is 4.71. The number of hydrogen-bond donors (Lipinski definition) is 1. The van der Waals surface area contributed by atoms with Gasteiger partial charge in [-0.3, -0.25) is 13.9 Å². The molecule has 1 fully saturated rings. The average molecular weight is 536 g/mol. The van der Waals surface area contributed by atoms with Crippen LogP contribution in [-0.4, -0.2) is 50.0 Å². The van der Waals surface area contributed by atoms with Crippen molar-refractivity contribution in [1.82, 2.24) is 10.2 Å². The van der Waals surface area contributed by atoms with Gasteiger partial charge in [0.1, 0.15) is 6.04 Å². The number of hydrogen-bond acceptors (Lipinski definition) is 4. The van der Waals surface area contributed by atoms with E-state index in [1.807, 2.05) is 37.3 Å². The minimum absolute atomic E-state index is 0.0163. The van der Waals surface area contributed by atoms with Crippen molar-refractivity contribution in [2.24, 2.45) is 0 Å². The third kappa shape index (κ3) is 7.99. The number of halogens is 2. The van der Waals surface area contributed by atoms with Crippen molar-refractivity contribution >= 4 is 27.5 Å². The van der Waals surface area contributed by atoms with Crippen molar-refractivity contribution in [2.45, 2.75) is 70.5 Å². The van der Waals surface area contributed by atoms with Crippen molar-refractivity contribution in [3.63, 3.8) is 0 Å². The summed E-state index contributed by atoms with van der Waals surface area (Å²) in [5.41, 5.74) is 0.861. The van der Waals surface area contributed by atoms with E-state index in [9.17, 15) is 26.8 Å². The van der Waals surface area contributed by atoms with E-state index in [2.05, 4.69) is 5.32 Å². The van der Waals surface area contributed by atoms with Gasteiger partial charge in [-0.15, -0.1) is 0 Å². The van der Waals surface area contributed by atoms with Crippen LogP contribution in [0, 0.1) is 11.6 Å². The molecule has 202 valence electrons. The van der Waals surface area contributed by atoms with Crippen molar-refractivity contribution in [3.05, 3.63) is 65.7 Å². The number of anilines is 1. The quantitative estimate of drug-likeness (QED) is 0.437. The summed E-state index contributed by atoms with van der Waals surface area (Å²) in [7, 11) is -3.81. The number of sulfonamides is 1. The Morgan fingerprint density at radius 1 is 1.05 bits per heavy atom. The molecule has 1 saturated carbocycles. The number of amides is 2. The molecule has 1 N–H and O–H groups in total. The van der Waals surface area contributed by atoms with Crippen LogP contribution in [0.3, 0.4) is 0 Å². The van der Waals surface area contributed by atoms with Gasteiger partial charge >= 0.3 is 0 Å². The van der Waals surface area contributed by atoms with E-state index in [1.165, 1.54) is 6.07 Å². The van der Waals surface area contributed by atoms with E-state index >= 15 is 0 Å². The summed E-state index contributed by atoms with van der Waals surface area (Å²) in [6.45, 7) is 2.01. The molecule has 0 aliphatic heterocycles. The number of nitrogens with one attached hydrogen (secondary N) is 1. The predicted octanol–water partition coefficient (Wildman–Crippen LogP) is 4.38. The molecule has 7 nitrogen and oxygen atoms in total. The van der Waals surface area contributed by atoms with Crippen molar-refractivity contribution in [2.75, 3.05) is 17.1 Å². The lowest BCUT2D eigenvalue weighted by atomic mass is 10.1. The van der Waals surface area contributed by atoms with E-state index in [4.69, 9.17) is 0 Å². The summed E-state index contributed by atoms with van der Waals surface area (Å²) in [6, 6.07) is 11.7. The Bertz CT molecular complexity index is 1170. The van der Waals surface area contributed by atoms with Crippen LogP contribution in [0.25, 0.3) is 0 Å². The molecule has 2 aromatic rings. The average Bonchev–Trinajstić information content (AvgIpc) is 3.36. The smallest absolute Gasteiger partial charge is 0.243 e. The fourth-order valence-corrected chi connectivity index (χ4v) is 5.67. The minimum Gasteiger partial charge on any atom is -0.352 e. The number of rotatable bonds is 12. The highest BCUT2D eigenvalue weighted by Gasteiger charge is 2.30. The monoisotopic (exact) mass is 535 g/mol. The summed E-state index contributed by atoms with van der Waals surface area (Å²) in [5, 5.41) is 3.09. The van der Waals surface area contributed by atoms with Gasteiger partial charge in [0, 0.05) is 31.6 Å². The molecule has 1 aliphatic carbocycles. The molecule has 1 unspecified atom stereocenters. The third-order valence-electron chi connectivity index (χ3n) is 6.63. The van der Waals surface area contributed by atoms with Gasteiger partial charge in [0.05, 0.1) is 11.9 Å². The lowest BCUT2D eigenvalue weighted by molar-refractivity contribution is -0.141. The summed E-state index contributed by atoms with van der Waals surface area (Å²) in [4.78, 5) is 28.1. The molecule has 3 rings (SSSR count). The number of nitrogens with zero attached hydrogens (tertiary/aromatic N) is 2. The largest absolute Gasteiger partial charge is 0.352 e. The number of benzene rings is 2. The Balaban J connectivity index is 1.74. The Labute approximate surface area is 217 Å². The van der Waals surface area contributed by atoms with Gasteiger partial charge in [-0.1, -0.05) is 50.1 Å². The van der Waals surface area contributed by atoms with E-state index in [1.54, 1.807) is 4.90 Å². The predicted molar refractivity (Wildman–Crippen MR) is 139 cm³/mol. The summed E-state index contributed by atoms with van der Waals surface area (Å²) < 4.78 is 52.8. The topological polar surface area (TPSA) is 86.8 Å². The molecular formula is C27H35F2N3O4S. The second kappa shape index (κ2) is 13.0. The lowest BCUT2D eigenvalue weighted by Gasteiger charge is -2.32. The zero-order valence-corrected chi connectivity index (χ0v) is 22.1. The highest BCUT2D eigenvalue weighted by Crippen LogP contribution is 2.22. The van der Waals surface area contributed by atoms with Crippen LogP contribution in [0.15, 0.2) is 48.5 Å². The first-order valence-electron chi connectivity index (χ1n) is 12.7. The molecule has 0 radical (unpaired) electrons. The normalized spacial score (nSPS) is 14.8. The maximum Gasteiger partial charge on any atom is 0.243 e. The zero-order valence-electron chi connectivity index (χ0n) is 21.3. The lowest BCUT2D eigenvalue weighted by Crippen LogP contribution is -2.51. The number of carbonyl (C=O) groups excluding carboxylic acids is 2. The molecule has 0 bridgehead atoms. The fraction of sp³-hybridized carbons (Fsp3) is 0.481. The van der Waals surface area contributed by atoms with Crippen molar-refractivity contribution in [1.29, 1.82) is 0 Å². The highest BCUT2D eigenvalue weighted by atomic mass is 32.2. The van der Waals surface area contributed by atoms with Crippen LogP contribution in [-0.2, 0) is 26.2 Å². The first kappa shape index (κ1) is 28.6. The van der Waals surface area contributed by atoms with Crippen molar-refractivity contribution in [3.8, 4) is 0 Å². The standard InChI is InChI=1S/C27H35F2N3O4S/c1-3-25(27(34)30-21-12-7-8-13-21)31(19-20-10-5-4-6-11-20)26(33)14-9-17-32(37(2,35)36)22-15-16-23(28)24(29)18-22/h4-6,10-11,15-16,18,21,25H,3,7-9,12-14,17,19H2,1-2H3,(H,30,34). The van der Waals surface area contributed by atoms with Crippen LogP contribution in [0.2, 0.25) is 0 Å². The van der Waals surface area contributed by atoms with E-state index in [-0.39, 0.29) is 49.5 Å². The SMILES string of the molecule is CCC(C(=O)NC1CCCC1)N(Cc1ccccc1)C(=O)CCCN(c1ccc(F)c(F)c1)S(C)(=O)=O. The van der Waals surface area contributed by atoms with Gasteiger partial charge in [0.2, 0.25) is 21.8 Å². The molecule has 37 heavy (non-hydrogen) atoms. The van der Waals surface area contributed by atoms with Crippen LogP contribution < -0.4 is 9.62 Å². The summed E-state index contributed by atoms with van der Waals surface area (Å²) >= 11 is 0. The molecule has 10 heteroatoms. The van der Waals surface area contributed by atoms with Crippen LogP contribution >= 0.6 is 0 Å². The van der Waals surface area contributed by atoms with Crippen LogP contribution in [0.1, 0.15) is 57.4 Å². The molecule has 1 aliphatic rings. The van der Waals surface area contributed by atoms with Crippen molar-refractivity contribution < 1.29 is 26.8 Å². The summed E-state index contributed by atoms with van der Waals surface area (Å²) in [6.07, 6.45) is 5.53. The van der Waals surface area contributed by atoms with Gasteiger partial charge in [0.15, 0.2) is 11.6 Å². The van der Waals surface area contributed by atoms with Gasteiger partial charge in [-0.25, -0.2) is 17.2 Å². The molecule has 0 heterocycles. The Kier molecular flexibility index (Phi) is 10.0. The molecule has 0 spiro atoms. The second-order valence-corrected chi connectivity index (χ2v) is 11.4. The van der Waals surface area contributed by atoms with Gasteiger partial charge in [-0.05, 0) is 43.4 Å². The maximum atomic E-state index is 13.7. The zero-order chi connectivity index (χ0) is 27.0. The molecule has 2 amide bonds. The van der Waals surface area contributed by atoms with Crippen LogP contribution in [0.4, 0.5) is 14.5 Å². The Hall–Kier alpha value is -3.01. The molecule has 2 aromatic carbocycles. The Morgan fingerprint density at radius 3 is 2.32 bits per heavy atom. The minimum atomic E-state index is -3.81. The second-order valence-electron chi connectivity index (χ2n) is 9.46. The van der Waals surface area contributed by atoms with E-state index < -0.39 is 27.7 Å². The Morgan fingerprint density at radius 2 is 1.73 bits per heavy atom. The molecule has 0 aromatic heterocycles. The summed E-state index contributed by atoms with van der Waals surface area (Å²) in [5.74, 6) is -2.70. The van der Waals surface area contributed by atoms with Gasteiger partial charge < -0.3 is 10.2 Å². The molecule has 0 saturated heterocycles. The molecular weight excluding hydrogens is 500 g/mol.